The van der Waals surface area contributed by atoms with Crippen molar-refractivity contribution in [2.24, 2.45) is 5.92 Å². The smallest absolute Gasteiger partial charge is 0.264 e. The number of halogens is 2. The summed E-state index contributed by atoms with van der Waals surface area (Å²) in [5.74, 6) is 0.0777. The molecule has 3 aromatic carbocycles. The van der Waals surface area contributed by atoms with Crippen molar-refractivity contribution in [3.8, 4) is 11.5 Å². The van der Waals surface area contributed by atoms with Gasteiger partial charge in [0.05, 0.1) is 22.7 Å². The molecule has 1 aliphatic heterocycles. The van der Waals surface area contributed by atoms with Gasteiger partial charge < -0.3 is 14.6 Å². The lowest BCUT2D eigenvalue weighted by Crippen LogP contribution is -2.48. The van der Waals surface area contributed by atoms with Crippen molar-refractivity contribution < 1.29 is 27.4 Å². The molecule has 9 heteroatoms. The minimum absolute atomic E-state index is 0.0841. The number of nitrogens with zero attached hydrogens (tertiary/aromatic N) is 1. The van der Waals surface area contributed by atoms with Crippen LogP contribution in [0.1, 0.15) is 23.6 Å². The number of aliphatic hydroxyl groups excluding tert-OH is 1. The van der Waals surface area contributed by atoms with Gasteiger partial charge in [0.2, 0.25) is 0 Å². The first-order valence-electron chi connectivity index (χ1n) is 11.2. The summed E-state index contributed by atoms with van der Waals surface area (Å²) in [6.45, 7) is 3.34. The van der Waals surface area contributed by atoms with E-state index in [1.165, 1.54) is 29.6 Å². The predicted molar refractivity (Wildman–Crippen MR) is 133 cm³/mol. The van der Waals surface area contributed by atoms with Gasteiger partial charge in [-0.15, -0.1) is 0 Å². The molecule has 35 heavy (non-hydrogen) atoms. The Hall–Kier alpha value is -2.81. The molecule has 2 unspecified atom stereocenters. The lowest BCUT2D eigenvalue weighted by Gasteiger charge is -2.40. The molecule has 0 aliphatic carbocycles. The minimum atomic E-state index is -4.01. The molecular formula is C26H27ClFNO5S. The van der Waals surface area contributed by atoms with Gasteiger partial charge >= 0.3 is 0 Å². The minimum Gasteiger partial charge on any atom is -0.496 e. The van der Waals surface area contributed by atoms with E-state index in [-0.39, 0.29) is 34.6 Å². The Bertz CT molecular complexity index is 1330. The second kappa shape index (κ2) is 10.0. The molecule has 6 nitrogen and oxygen atoms in total. The van der Waals surface area contributed by atoms with E-state index in [1.807, 2.05) is 6.92 Å². The standard InChI is InChI=1S/C26H27ClFNO5S/c1-16-7-10-21(13-26(16)33-3)35(31,32)29-17(2)19(14-30)11-18-8-9-20(12-25(18)29)34-15-22-23(27)5-4-6-24(22)28/h4-10,12-13,17,19,30H,11,14-15H2,1-3H3. The molecule has 3 aromatic rings. The van der Waals surface area contributed by atoms with E-state index in [2.05, 4.69) is 0 Å². The van der Waals surface area contributed by atoms with Gasteiger partial charge in [-0.3, -0.25) is 4.31 Å². The highest BCUT2D eigenvalue weighted by Crippen LogP contribution is 2.40. The Labute approximate surface area is 209 Å². The number of benzene rings is 3. The molecule has 0 amide bonds. The zero-order chi connectivity index (χ0) is 25.3. The van der Waals surface area contributed by atoms with Crippen LogP contribution in [0.2, 0.25) is 5.02 Å². The fourth-order valence-corrected chi connectivity index (χ4v) is 6.32. The first-order chi connectivity index (χ1) is 16.7. The third-order valence-electron chi connectivity index (χ3n) is 6.44. The largest absolute Gasteiger partial charge is 0.496 e. The van der Waals surface area contributed by atoms with Gasteiger partial charge in [0.1, 0.15) is 23.9 Å². The highest BCUT2D eigenvalue weighted by Gasteiger charge is 2.39. The molecule has 4 rings (SSSR count). The van der Waals surface area contributed by atoms with Crippen molar-refractivity contribution in [3.05, 3.63) is 82.1 Å². The number of ether oxygens (including phenoxy) is 2. The van der Waals surface area contributed by atoms with Crippen LogP contribution >= 0.6 is 11.6 Å². The Kier molecular flexibility index (Phi) is 7.26. The summed E-state index contributed by atoms with van der Waals surface area (Å²) in [7, 11) is -2.52. The molecule has 0 bridgehead atoms. The summed E-state index contributed by atoms with van der Waals surface area (Å²) >= 11 is 6.11. The third-order valence-corrected chi connectivity index (χ3v) is 8.70. The molecule has 2 atom stereocenters. The van der Waals surface area contributed by atoms with Gasteiger partial charge in [0.25, 0.3) is 10.0 Å². The Balaban J connectivity index is 1.74. The quantitative estimate of drug-likeness (QED) is 0.468. The van der Waals surface area contributed by atoms with Crippen LogP contribution in [0.15, 0.2) is 59.5 Å². The number of methoxy groups -OCH3 is 1. The Morgan fingerprint density at radius 3 is 2.63 bits per heavy atom. The fourth-order valence-electron chi connectivity index (χ4n) is 4.34. The van der Waals surface area contributed by atoms with Crippen molar-refractivity contribution >= 4 is 27.3 Å². The number of hydrogen-bond acceptors (Lipinski definition) is 5. The van der Waals surface area contributed by atoms with Crippen LogP contribution < -0.4 is 13.8 Å². The average molecular weight is 520 g/mol. The molecule has 1 N–H and O–H groups in total. The molecule has 0 aromatic heterocycles. The van der Waals surface area contributed by atoms with Crippen molar-refractivity contribution in [3.63, 3.8) is 0 Å². The molecule has 186 valence electrons. The van der Waals surface area contributed by atoms with Gasteiger partial charge in [-0.25, -0.2) is 12.8 Å². The number of sulfonamides is 1. The number of fused-ring (bicyclic) bond motifs is 1. The summed E-state index contributed by atoms with van der Waals surface area (Å²) in [4.78, 5) is 0.0841. The van der Waals surface area contributed by atoms with Gasteiger partial charge in [-0.2, -0.15) is 0 Å². The second-order valence-electron chi connectivity index (χ2n) is 8.60. The number of aliphatic hydroxyl groups is 1. The highest BCUT2D eigenvalue weighted by atomic mass is 35.5. The molecule has 0 saturated heterocycles. The number of hydrogen-bond donors (Lipinski definition) is 1. The molecule has 0 fully saturated rings. The molecule has 0 saturated carbocycles. The van der Waals surface area contributed by atoms with E-state index in [0.29, 0.717) is 23.6 Å². The number of rotatable bonds is 7. The van der Waals surface area contributed by atoms with Crippen LogP contribution in [0.4, 0.5) is 10.1 Å². The van der Waals surface area contributed by atoms with E-state index < -0.39 is 21.9 Å². The van der Waals surface area contributed by atoms with E-state index in [1.54, 1.807) is 43.3 Å². The molecule has 0 spiro atoms. The summed E-state index contributed by atoms with van der Waals surface area (Å²) < 4.78 is 54.4. The SMILES string of the molecule is COc1cc(S(=O)(=O)N2c3cc(OCc4c(F)cccc4Cl)ccc3CC(CO)C2C)ccc1C. The Morgan fingerprint density at radius 2 is 1.94 bits per heavy atom. The Morgan fingerprint density at radius 1 is 1.17 bits per heavy atom. The zero-order valence-electron chi connectivity index (χ0n) is 19.7. The molecule has 1 aliphatic rings. The monoisotopic (exact) mass is 519 g/mol. The van der Waals surface area contributed by atoms with E-state index in [4.69, 9.17) is 21.1 Å². The van der Waals surface area contributed by atoms with Gasteiger partial charge in [-0.05, 0) is 55.7 Å². The van der Waals surface area contributed by atoms with E-state index in [0.717, 1.165) is 11.1 Å². The summed E-state index contributed by atoms with van der Waals surface area (Å²) in [5.41, 5.74) is 2.26. The summed E-state index contributed by atoms with van der Waals surface area (Å²) in [6, 6.07) is 13.7. The third kappa shape index (κ3) is 4.83. The molecule has 1 heterocycles. The van der Waals surface area contributed by atoms with E-state index >= 15 is 0 Å². The number of aryl methyl sites for hydroxylation is 1. The first-order valence-corrected chi connectivity index (χ1v) is 13.0. The van der Waals surface area contributed by atoms with Crippen LogP contribution in [0.25, 0.3) is 0 Å². The van der Waals surface area contributed by atoms with Gasteiger partial charge in [-0.1, -0.05) is 29.8 Å². The van der Waals surface area contributed by atoms with Gasteiger partial charge in [0.15, 0.2) is 0 Å². The van der Waals surface area contributed by atoms with Crippen molar-refractivity contribution in [2.75, 3.05) is 18.0 Å². The summed E-state index contributed by atoms with van der Waals surface area (Å²) in [5, 5.41) is 10.2. The van der Waals surface area contributed by atoms with Crippen LogP contribution in [0.3, 0.4) is 0 Å². The maximum absolute atomic E-state index is 14.2. The predicted octanol–water partition coefficient (Wildman–Crippen LogP) is 5.12. The maximum atomic E-state index is 14.2. The normalized spacial score (nSPS) is 17.7. The molecule has 0 radical (unpaired) electrons. The fraction of sp³-hybridized carbons (Fsp3) is 0.308. The summed E-state index contributed by atoms with van der Waals surface area (Å²) in [6.07, 6.45) is 0.510. The van der Waals surface area contributed by atoms with Crippen molar-refractivity contribution in [2.45, 2.75) is 37.8 Å². The van der Waals surface area contributed by atoms with Crippen LogP contribution in [0, 0.1) is 18.7 Å². The molecular weight excluding hydrogens is 493 g/mol. The average Bonchev–Trinajstić information content (AvgIpc) is 2.83. The lowest BCUT2D eigenvalue weighted by atomic mass is 9.88. The first kappa shape index (κ1) is 25.3. The van der Waals surface area contributed by atoms with E-state index in [9.17, 15) is 17.9 Å². The maximum Gasteiger partial charge on any atom is 0.264 e. The van der Waals surface area contributed by atoms with Crippen LogP contribution in [0.5, 0.6) is 11.5 Å². The van der Waals surface area contributed by atoms with Crippen LogP contribution in [-0.4, -0.2) is 33.3 Å². The second-order valence-corrected chi connectivity index (χ2v) is 10.8. The van der Waals surface area contributed by atoms with Crippen LogP contribution in [-0.2, 0) is 23.1 Å². The highest BCUT2D eigenvalue weighted by molar-refractivity contribution is 7.92. The van der Waals surface area contributed by atoms with Gasteiger partial charge in [0, 0.05) is 36.3 Å². The lowest BCUT2D eigenvalue weighted by molar-refractivity contribution is 0.205. The van der Waals surface area contributed by atoms with Crippen molar-refractivity contribution in [1.82, 2.24) is 0 Å². The topological polar surface area (TPSA) is 76.1 Å². The zero-order valence-corrected chi connectivity index (χ0v) is 21.2. The number of anilines is 1. The van der Waals surface area contributed by atoms with Crippen molar-refractivity contribution in [1.29, 1.82) is 0 Å².